The Labute approximate surface area is 220 Å². The minimum atomic E-state index is -1.01. The van der Waals surface area contributed by atoms with Crippen molar-refractivity contribution in [3.63, 3.8) is 0 Å². The molecule has 0 amide bonds. The SMILES string of the molecule is CCCC(CCCCNc1ccc2c(c1)C1(OC(=O)c3ccccc31)c1ccccc1O2)N(CC)CC. The Hall–Kier alpha value is -3.31. The van der Waals surface area contributed by atoms with Crippen molar-refractivity contribution in [1.29, 1.82) is 0 Å². The van der Waals surface area contributed by atoms with Gasteiger partial charge < -0.3 is 19.7 Å². The number of nitrogens with one attached hydrogen (secondary N) is 1. The number of fused-ring (bicyclic) bond motifs is 6. The van der Waals surface area contributed by atoms with Crippen LogP contribution in [0.2, 0.25) is 0 Å². The van der Waals surface area contributed by atoms with Crippen molar-refractivity contribution >= 4 is 11.7 Å². The number of ether oxygens (including phenoxy) is 2. The number of rotatable bonds is 11. The number of benzene rings is 3. The van der Waals surface area contributed by atoms with E-state index in [4.69, 9.17) is 9.47 Å². The van der Waals surface area contributed by atoms with Gasteiger partial charge in [-0.15, -0.1) is 0 Å². The van der Waals surface area contributed by atoms with Gasteiger partial charge >= 0.3 is 5.97 Å². The van der Waals surface area contributed by atoms with Gasteiger partial charge in [-0.3, -0.25) is 0 Å². The average molecular weight is 499 g/mol. The van der Waals surface area contributed by atoms with E-state index in [2.05, 4.69) is 43.1 Å². The Kier molecular flexibility index (Phi) is 7.52. The molecular formula is C32H38N2O3. The lowest BCUT2D eigenvalue weighted by Crippen LogP contribution is -2.35. The second-order valence-corrected chi connectivity index (χ2v) is 10.0. The monoisotopic (exact) mass is 498 g/mol. The number of unbranched alkanes of at least 4 members (excludes halogenated alkanes) is 1. The highest BCUT2D eigenvalue weighted by molar-refractivity contribution is 5.97. The third kappa shape index (κ3) is 4.61. The summed E-state index contributed by atoms with van der Waals surface area (Å²) >= 11 is 0. The van der Waals surface area contributed by atoms with Crippen LogP contribution in [0.15, 0.2) is 66.7 Å². The third-order valence-electron chi connectivity index (χ3n) is 7.86. The summed E-state index contributed by atoms with van der Waals surface area (Å²) in [6.07, 6.45) is 6.05. The lowest BCUT2D eigenvalue weighted by molar-refractivity contribution is 0.0224. The van der Waals surface area contributed by atoms with Gasteiger partial charge in [-0.1, -0.05) is 70.0 Å². The first-order valence-corrected chi connectivity index (χ1v) is 13.8. The number of carbonyl (C=O) groups excluding carboxylic acids is 1. The van der Waals surface area contributed by atoms with E-state index in [0.717, 1.165) is 59.9 Å². The van der Waals surface area contributed by atoms with Crippen molar-refractivity contribution in [3.05, 3.63) is 89.0 Å². The van der Waals surface area contributed by atoms with Crippen LogP contribution >= 0.6 is 0 Å². The van der Waals surface area contributed by atoms with E-state index in [-0.39, 0.29) is 5.97 Å². The van der Waals surface area contributed by atoms with Gasteiger partial charge in [0, 0.05) is 35.0 Å². The second kappa shape index (κ2) is 11.0. The normalized spacial score (nSPS) is 18.1. The van der Waals surface area contributed by atoms with Gasteiger partial charge in [0.2, 0.25) is 0 Å². The van der Waals surface area contributed by atoms with Crippen LogP contribution in [-0.2, 0) is 10.3 Å². The molecule has 2 heterocycles. The third-order valence-corrected chi connectivity index (χ3v) is 7.86. The summed E-state index contributed by atoms with van der Waals surface area (Å²) in [6, 6.07) is 22.3. The van der Waals surface area contributed by atoms with Crippen molar-refractivity contribution in [2.24, 2.45) is 0 Å². The molecule has 5 heteroatoms. The predicted octanol–water partition coefficient (Wildman–Crippen LogP) is 7.35. The second-order valence-electron chi connectivity index (χ2n) is 10.0. The van der Waals surface area contributed by atoms with Gasteiger partial charge in [0.05, 0.1) is 5.56 Å². The quantitative estimate of drug-likeness (QED) is 0.221. The molecule has 0 aromatic heterocycles. The van der Waals surface area contributed by atoms with Gasteiger partial charge in [-0.2, -0.15) is 0 Å². The highest BCUT2D eigenvalue weighted by Gasteiger charge is 2.53. The highest BCUT2D eigenvalue weighted by atomic mass is 16.6. The van der Waals surface area contributed by atoms with Crippen molar-refractivity contribution < 1.29 is 14.3 Å². The van der Waals surface area contributed by atoms with Crippen LogP contribution in [0.4, 0.5) is 5.69 Å². The van der Waals surface area contributed by atoms with Gasteiger partial charge in [0.1, 0.15) is 11.5 Å². The zero-order valence-corrected chi connectivity index (χ0v) is 22.3. The first-order valence-electron chi connectivity index (χ1n) is 13.8. The first-order chi connectivity index (χ1) is 18.1. The fourth-order valence-electron chi connectivity index (χ4n) is 6.05. The van der Waals surface area contributed by atoms with Crippen molar-refractivity contribution in [2.75, 3.05) is 25.0 Å². The summed E-state index contributed by atoms with van der Waals surface area (Å²) in [6.45, 7) is 9.95. The molecule has 3 aromatic rings. The Morgan fingerprint density at radius 3 is 2.35 bits per heavy atom. The van der Waals surface area contributed by atoms with E-state index in [0.29, 0.717) is 11.6 Å². The summed E-state index contributed by atoms with van der Waals surface area (Å²) in [5.41, 5.74) is 3.20. The summed E-state index contributed by atoms with van der Waals surface area (Å²) in [5, 5.41) is 3.61. The molecule has 3 aromatic carbocycles. The summed E-state index contributed by atoms with van der Waals surface area (Å²) < 4.78 is 12.5. The number of carbonyl (C=O) groups is 1. The van der Waals surface area contributed by atoms with E-state index in [1.807, 2.05) is 54.6 Å². The largest absolute Gasteiger partial charge is 0.456 e. The van der Waals surface area contributed by atoms with E-state index < -0.39 is 5.60 Å². The molecule has 5 nitrogen and oxygen atoms in total. The number of nitrogens with zero attached hydrogens (tertiary/aromatic N) is 1. The van der Waals surface area contributed by atoms with Crippen LogP contribution < -0.4 is 10.1 Å². The van der Waals surface area contributed by atoms with Crippen molar-refractivity contribution in [3.8, 4) is 11.5 Å². The minimum Gasteiger partial charge on any atom is -0.456 e. The molecule has 0 fully saturated rings. The standard InChI is InChI=1S/C32H38N2O3/c1-4-13-24(34(5-2)6-3)14-11-12-21-33-23-19-20-30-28(22-23)32(27-17-9-10-18-29(27)36-30)26-16-8-7-15-25(26)31(35)37-32/h7-10,15-20,22,24,33H,4-6,11-14,21H2,1-3H3. The average Bonchev–Trinajstić information content (AvgIpc) is 3.22. The fourth-order valence-corrected chi connectivity index (χ4v) is 6.05. The lowest BCUT2D eigenvalue weighted by atomic mass is 9.77. The number of para-hydroxylation sites is 1. The topological polar surface area (TPSA) is 50.8 Å². The smallest absolute Gasteiger partial charge is 0.340 e. The van der Waals surface area contributed by atoms with E-state index in [1.165, 1.54) is 25.7 Å². The minimum absolute atomic E-state index is 0.300. The molecule has 1 N–H and O–H groups in total. The molecule has 37 heavy (non-hydrogen) atoms. The molecule has 2 atom stereocenters. The highest BCUT2D eigenvalue weighted by Crippen LogP contribution is 2.56. The number of anilines is 1. The maximum atomic E-state index is 13.0. The molecule has 2 aliphatic rings. The van der Waals surface area contributed by atoms with Crippen molar-refractivity contribution in [1.82, 2.24) is 4.90 Å². The lowest BCUT2D eigenvalue weighted by Gasteiger charge is -2.36. The van der Waals surface area contributed by atoms with Crippen LogP contribution in [0.5, 0.6) is 11.5 Å². The number of esters is 1. The maximum absolute atomic E-state index is 13.0. The molecule has 2 unspecified atom stereocenters. The van der Waals surface area contributed by atoms with Crippen LogP contribution in [0.1, 0.15) is 79.9 Å². The van der Waals surface area contributed by atoms with Crippen molar-refractivity contribution in [2.45, 2.75) is 64.5 Å². The zero-order valence-electron chi connectivity index (χ0n) is 22.3. The van der Waals surface area contributed by atoms with E-state index >= 15 is 0 Å². The molecular weight excluding hydrogens is 460 g/mol. The predicted molar refractivity (Wildman–Crippen MR) is 149 cm³/mol. The summed E-state index contributed by atoms with van der Waals surface area (Å²) in [4.78, 5) is 15.6. The zero-order chi connectivity index (χ0) is 25.8. The van der Waals surface area contributed by atoms with Gasteiger partial charge in [0.25, 0.3) is 0 Å². The molecule has 0 bridgehead atoms. The number of hydrogen-bond donors (Lipinski definition) is 1. The van der Waals surface area contributed by atoms with Crippen LogP contribution in [0.25, 0.3) is 0 Å². The molecule has 0 aliphatic carbocycles. The summed E-state index contributed by atoms with van der Waals surface area (Å²) in [7, 11) is 0. The van der Waals surface area contributed by atoms with Crippen LogP contribution in [0.3, 0.4) is 0 Å². The molecule has 5 rings (SSSR count). The molecule has 194 valence electrons. The fraction of sp³-hybridized carbons (Fsp3) is 0.406. The Morgan fingerprint density at radius 1 is 0.838 bits per heavy atom. The van der Waals surface area contributed by atoms with Gasteiger partial charge in [0.15, 0.2) is 5.60 Å². The first kappa shape index (κ1) is 25.3. The summed E-state index contributed by atoms with van der Waals surface area (Å²) in [5.74, 6) is 1.14. The Balaban J connectivity index is 1.36. The molecule has 1 spiro atoms. The Morgan fingerprint density at radius 2 is 1.57 bits per heavy atom. The van der Waals surface area contributed by atoms with Gasteiger partial charge in [-0.25, -0.2) is 4.79 Å². The van der Waals surface area contributed by atoms with Crippen LogP contribution in [0, 0.1) is 0 Å². The van der Waals surface area contributed by atoms with E-state index in [1.54, 1.807) is 0 Å². The molecule has 2 aliphatic heterocycles. The van der Waals surface area contributed by atoms with Gasteiger partial charge in [-0.05, 0) is 62.7 Å². The molecule has 0 saturated heterocycles. The molecule has 0 radical (unpaired) electrons. The number of hydrogen-bond acceptors (Lipinski definition) is 5. The van der Waals surface area contributed by atoms with Crippen LogP contribution in [-0.4, -0.2) is 36.5 Å². The maximum Gasteiger partial charge on any atom is 0.340 e. The molecule has 0 saturated carbocycles. The Bertz CT molecular complexity index is 1250. The van der Waals surface area contributed by atoms with E-state index in [9.17, 15) is 4.79 Å².